The van der Waals surface area contributed by atoms with Crippen LogP contribution in [0.5, 0.6) is 0 Å². The fraction of sp³-hybridized carbons (Fsp3) is 0.375. The van der Waals surface area contributed by atoms with Gasteiger partial charge < -0.3 is 14.9 Å². The van der Waals surface area contributed by atoms with Gasteiger partial charge in [-0.3, -0.25) is 24.1 Å². The molecule has 4 amide bonds. The second-order valence-electron chi connectivity index (χ2n) is 17.1. The van der Waals surface area contributed by atoms with Crippen LogP contribution in [-0.2, 0) is 10.9 Å². The van der Waals surface area contributed by atoms with Crippen molar-refractivity contribution in [2.24, 2.45) is 11.8 Å². The summed E-state index contributed by atoms with van der Waals surface area (Å²) in [5, 5.41) is 20.3. The van der Waals surface area contributed by atoms with E-state index < -0.39 is 51.8 Å². The number of rotatable bonds is 8. The minimum Gasteiger partial charge on any atom is -0.400 e. The molecule has 6 aromatic carbocycles. The molecule has 3 atom stereocenters. The van der Waals surface area contributed by atoms with E-state index in [1.807, 2.05) is 60.6 Å². The Morgan fingerprint density at radius 1 is 0.639 bits per heavy atom. The molecular formula is C48H51F3N2O7S. The Morgan fingerprint density at radius 3 is 1.39 bits per heavy atom. The Hall–Kier alpha value is -5.08. The van der Waals surface area contributed by atoms with E-state index >= 15 is 0 Å². The number of hydrogen-bond acceptors (Lipinski definition) is 8. The molecule has 0 spiro atoms. The lowest BCUT2D eigenvalue weighted by Crippen LogP contribution is -2.57. The van der Waals surface area contributed by atoms with E-state index in [1.54, 1.807) is 36.4 Å². The lowest BCUT2D eigenvalue weighted by molar-refractivity contribution is -0.137. The fourth-order valence-corrected chi connectivity index (χ4v) is 8.20. The number of anilines is 1. The highest BCUT2D eigenvalue weighted by Gasteiger charge is 2.45. The molecule has 13 heteroatoms. The highest BCUT2D eigenvalue weighted by atomic mass is 32.1. The number of nitrogens with zero attached hydrogens (tertiary/aromatic N) is 2. The van der Waals surface area contributed by atoms with Crippen LogP contribution >= 0.6 is 12.6 Å². The van der Waals surface area contributed by atoms with Gasteiger partial charge in [-0.05, 0) is 121 Å². The van der Waals surface area contributed by atoms with Gasteiger partial charge in [0.05, 0.1) is 29.0 Å². The van der Waals surface area contributed by atoms with Crippen LogP contribution in [0.4, 0.5) is 18.9 Å². The molecule has 0 bridgehead atoms. The summed E-state index contributed by atoms with van der Waals surface area (Å²) in [4.78, 5) is 58.8. The van der Waals surface area contributed by atoms with Crippen LogP contribution in [0.1, 0.15) is 109 Å². The molecule has 0 saturated heterocycles. The monoisotopic (exact) mass is 856 g/mol. The van der Waals surface area contributed by atoms with E-state index in [-0.39, 0.29) is 28.8 Å². The Balaban J connectivity index is 0.000000830. The van der Waals surface area contributed by atoms with Crippen molar-refractivity contribution in [2.75, 3.05) is 18.6 Å². The van der Waals surface area contributed by atoms with Gasteiger partial charge in [0.25, 0.3) is 23.6 Å². The van der Waals surface area contributed by atoms with Crippen molar-refractivity contribution in [2.45, 2.75) is 91.0 Å². The zero-order chi connectivity index (χ0) is 45.3. The van der Waals surface area contributed by atoms with Crippen LogP contribution in [-0.4, -0.2) is 75.0 Å². The second kappa shape index (κ2) is 16.3. The van der Waals surface area contributed by atoms with Crippen molar-refractivity contribution >= 4 is 85.0 Å². The van der Waals surface area contributed by atoms with Crippen LogP contribution < -0.4 is 4.90 Å². The van der Waals surface area contributed by atoms with E-state index in [2.05, 4.69) is 13.8 Å². The first kappa shape index (κ1) is 45.4. The minimum absolute atomic E-state index is 0.178. The summed E-state index contributed by atoms with van der Waals surface area (Å²) in [7, 11) is 1.00. The van der Waals surface area contributed by atoms with Crippen molar-refractivity contribution in [3.8, 4) is 0 Å². The summed E-state index contributed by atoms with van der Waals surface area (Å²) >= 11 is 4.88. The third-order valence-corrected chi connectivity index (χ3v) is 13.2. The number of amides is 4. The standard InChI is InChI=1S/C43H37F3N2O5S.C4H10O.CH4O/c1-20(2)42(7,54)22(4)53-41(5,6)21(3)47-37(49)29-15-11-25-27-13-17-31-36-32(40(52)48(39(31)51)24-10-8-9-23(19-24)43(44,45)46)18-14-28(34(27)36)26-12-16-30(38(47)50)35(29)33(25)26;1-4(2)3-5;1-2/h8-22,54H,1-7H3;4-5H,3H2,1-2H3;2H,1H3. The normalized spacial score (nSPS) is 16.4. The van der Waals surface area contributed by atoms with Gasteiger partial charge in [0.15, 0.2) is 0 Å². The van der Waals surface area contributed by atoms with Crippen LogP contribution in [0.15, 0.2) is 72.8 Å². The van der Waals surface area contributed by atoms with Gasteiger partial charge in [0.1, 0.15) is 0 Å². The summed E-state index contributed by atoms with van der Waals surface area (Å²) in [6, 6.07) is 17.3. The molecule has 2 aliphatic rings. The highest BCUT2D eigenvalue weighted by Crippen LogP contribution is 2.47. The minimum atomic E-state index is -4.66. The number of fused-ring (bicyclic) bond motifs is 2. The average Bonchev–Trinajstić information content (AvgIpc) is 3.21. The topological polar surface area (TPSA) is 124 Å². The van der Waals surface area contributed by atoms with Crippen molar-refractivity contribution in [1.29, 1.82) is 0 Å². The first-order valence-corrected chi connectivity index (χ1v) is 20.6. The molecule has 0 aromatic heterocycles. The molecule has 8 rings (SSSR count). The lowest BCUT2D eigenvalue weighted by atomic mass is 9.81. The summed E-state index contributed by atoms with van der Waals surface area (Å²) in [6.45, 7) is 17.9. The van der Waals surface area contributed by atoms with Gasteiger partial charge in [-0.2, -0.15) is 25.8 Å². The number of carbonyl (C=O) groups excluding carboxylic acids is 4. The number of hydrogen-bond donors (Lipinski definition) is 3. The van der Waals surface area contributed by atoms with Crippen LogP contribution in [0, 0.1) is 11.8 Å². The number of aliphatic hydroxyl groups is 2. The molecule has 3 unspecified atom stereocenters. The number of thiol groups is 1. The van der Waals surface area contributed by atoms with Crippen molar-refractivity contribution < 1.29 is 47.3 Å². The van der Waals surface area contributed by atoms with Crippen LogP contribution in [0.25, 0.3) is 43.1 Å². The van der Waals surface area contributed by atoms with E-state index in [0.29, 0.717) is 56.0 Å². The number of imide groups is 2. The molecule has 2 N–H and O–H groups in total. The lowest BCUT2D eigenvalue weighted by Gasteiger charge is -2.45. The summed E-state index contributed by atoms with van der Waals surface area (Å²) in [5.74, 6) is -1.71. The van der Waals surface area contributed by atoms with Gasteiger partial charge >= 0.3 is 6.18 Å². The van der Waals surface area contributed by atoms with Crippen LogP contribution in [0.2, 0.25) is 0 Å². The van der Waals surface area contributed by atoms with Crippen molar-refractivity contribution in [3.05, 3.63) is 101 Å². The van der Waals surface area contributed by atoms with E-state index in [0.717, 1.165) is 34.9 Å². The number of benzene rings is 6. The largest absolute Gasteiger partial charge is 0.416 e. The third kappa shape index (κ3) is 7.43. The molecule has 0 saturated carbocycles. The smallest absolute Gasteiger partial charge is 0.400 e. The quantitative estimate of drug-likeness (QED) is 0.0603. The molecule has 0 fully saturated rings. The van der Waals surface area contributed by atoms with Crippen molar-refractivity contribution in [1.82, 2.24) is 4.90 Å². The number of halogens is 3. The summed E-state index contributed by atoms with van der Waals surface area (Å²) in [6.07, 6.45) is -4.96. The zero-order valence-corrected chi connectivity index (χ0v) is 36.8. The summed E-state index contributed by atoms with van der Waals surface area (Å²) < 4.78 is 46.8. The van der Waals surface area contributed by atoms with E-state index in [1.165, 1.54) is 17.0 Å². The molecule has 0 aliphatic carbocycles. The number of alkyl halides is 3. The summed E-state index contributed by atoms with van der Waals surface area (Å²) in [5.41, 5.74) is -0.976. The SMILES string of the molecule is CC(C)CO.CC(N1C(=O)c2ccc3c4ccc5c6c(ccc(c7ccc(c2c37)C1=O)c64)C(=O)N(c1cccc(C(F)(F)F)c1)C5=O)C(C)(C)OC(C)C(C)(S)C(C)C.CO. The maximum atomic E-state index is 14.4. The van der Waals surface area contributed by atoms with E-state index in [9.17, 15) is 32.3 Å². The van der Waals surface area contributed by atoms with Crippen molar-refractivity contribution in [3.63, 3.8) is 0 Å². The Morgan fingerprint density at radius 2 is 1.03 bits per heavy atom. The molecule has 61 heavy (non-hydrogen) atoms. The van der Waals surface area contributed by atoms with Gasteiger partial charge in [-0.15, -0.1) is 0 Å². The number of ether oxygens (including phenoxy) is 1. The zero-order valence-electron chi connectivity index (χ0n) is 35.9. The molecule has 9 nitrogen and oxygen atoms in total. The highest BCUT2D eigenvalue weighted by molar-refractivity contribution is 7.81. The molecular weight excluding hydrogens is 806 g/mol. The fourth-order valence-electron chi connectivity index (χ4n) is 8.15. The first-order chi connectivity index (χ1) is 28.5. The third-order valence-electron chi connectivity index (χ3n) is 12.3. The van der Waals surface area contributed by atoms with Gasteiger partial charge in [0, 0.05) is 51.5 Å². The van der Waals surface area contributed by atoms with Crippen LogP contribution in [0.3, 0.4) is 0 Å². The van der Waals surface area contributed by atoms with Gasteiger partial charge in [0.2, 0.25) is 0 Å². The molecule has 0 radical (unpaired) electrons. The Bertz CT molecular complexity index is 2600. The number of aliphatic hydroxyl groups excluding tert-OH is 2. The molecule has 322 valence electrons. The predicted octanol–water partition coefficient (Wildman–Crippen LogP) is 10.3. The maximum absolute atomic E-state index is 14.4. The molecule has 2 heterocycles. The maximum Gasteiger partial charge on any atom is 0.416 e. The molecule has 2 aliphatic heterocycles. The van der Waals surface area contributed by atoms with Gasteiger partial charge in [-0.1, -0.05) is 58.0 Å². The second-order valence-corrected chi connectivity index (χ2v) is 18.1. The van der Waals surface area contributed by atoms with E-state index in [4.69, 9.17) is 27.6 Å². The Kier molecular flexibility index (Phi) is 12.2. The van der Waals surface area contributed by atoms with Gasteiger partial charge in [-0.25, -0.2) is 4.90 Å². The Labute approximate surface area is 358 Å². The molecule has 6 aromatic rings. The number of carbonyl (C=O) groups is 4. The average molecular weight is 857 g/mol. The predicted molar refractivity (Wildman–Crippen MR) is 237 cm³/mol. The first-order valence-electron chi connectivity index (χ1n) is 20.1.